The van der Waals surface area contributed by atoms with Crippen molar-refractivity contribution < 1.29 is 4.74 Å². The number of aromatic nitrogens is 1. The van der Waals surface area contributed by atoms with Crippen LogP contribution in [0.1, 0.15) is 20.8 Å². The predicted octanol–water partition coefficient (Wildman–Crippen LogP) is 5.11. The number of nitrogens with two attached hydrogens (primary N) is 1. The maximum absolute atomic E-state index is 5.91. The van der Waals surface area contributed by atoms with Crippen LogP contribution in [0.5, 0.6) is 5.88 Å². The van der Waals surface area contributed by atoms with Gasteiger partial charge in [0.2, 0.25) is 5.88 Å². The molecule has 0 atom stereocenters. The molecular weight excluding hydrogens is 398 g/mol. The second kappa shape index (κ2) is 6.23. The van der Waals surface area contributed by atoms with Gasteiger partial charge in [0.1, 0.15) is 11.4 Å². The van der Waals surface area contributed by atoms with Crippen molar-refractivity contribution >= 4 is 49.1 Å². The summed E-state index contributed by atoms with van der Waals surface area (Å²) >= 11 is 6.94. The Balaban J connectivity index is 2.26. The van der Waals surface area contributed by atoms with Crippen molar-refractivity contribution in [2.45, 2.75) is 26.4 Å². The summed E-state index contributed by atoms with van der Waals surface area (Å²) in [7, 11) is 0. The maximum Gasteiger partial charge on any atom is 0.239 e. The fraction of sp³-hybridized carbons (Fsp3) is 0.267. The van der Waals surface area contributed by atoms with Crippen molar-refractivity contribution in [2.24, 2.45) is 0 Å². The molecule has 0 saturated carbocycles. The van der Waals surface area contributed by atoms with Crippen molar-refractivity contribution in [1.82, 2.24) is 4.98 Å². The van der Waals surface area contributed by atoms with Gasteiger partial charge in [-0.15, -0.1) is 0 Å². The SMILES string of the molecule is CC(C)(C)Oc1nc(Nc2ccc(Br)cc2Br)ccc1N. The first-order valence-electron chi connectivity index (χ1n) is 6.42. The number of nitrogens with one attached hydrogen (secondary N) is 1. The van der Waals surface area contributed by atoms with E-state index in [2.05, 4.69) is 42.2 Å². The van der Waals surface area contributed by atoms with Crippen LogP contribution in [0.4, 0.5) is 17.2 Å². The molecule has 2 rings (SSSR count). The highest BCUT2D eigenvalue weighted by Crippen LogP contribution is 2.30. The average Bonchev–Trinajstić information content (AvgIpc) is 2.35. The van der Waals surface area contributed by atoms with E-state index in [-0.39, 0.29) is 5.60 Å². The van der Waals surface area contributed by atoms with Crippen LogP contribution in [0, 0.1) is 0 Å². The molecule has 4 nitrogen and oxygen atoms in total. The zero-order chi connectivity index (χ0) is 15.6. The number of nitrogen functional groups attached to an aromatic ring is 1. The smallest absolute Gasteiger partial charge is 0.239 e. The maximum atomic E-state index is 5.91. The van der Waals surface area contributed by atoms with E-state index in [1.165, 1.54) is 0 Å². The van der Waals surface area contributed by atoms with E-state index in [0.717, 1.165) is 14.6 Å². The Kier molecular flexibility index (Phi) is 4.78. The Morgan fingerprint density at radius 3 is 2.48 bits per heavy atom. The third-order valence-corrected chi connectivity index (χ3v) is 3.64. The third-order valence-electron chi connectivity index (χ3n) is 2.49. The van der Waals surface area contributed by atoms with Gasteiger partial charge in [-0.25, -0.2) is 0 Å². The van der Waals surface area contributed by atoms with Crippen molar-refractivity contribution in [3.8, 4) is 5.88 Å². The average molecular weight is 415 g/mol. The summed E-state index contributed by atoms with van der Waals surface area (Å²) in [5, 5.41) is 3.24. The van der Waals surface area contributed by atoms with Crippen LogP contribution in [-0.2, 0) is 0 Å². The molecule has 1 aromatic heterocycles. The molecule has 0 unspecified atom stereocenters. The standard InChI is InChI=1S/C15H17Br2N3O/c1-15(2,3)21-14-11(18)5-7-13(20-14)19-12-6-4-9(16)8-10(12)17/h4-8H,18H2,1-3H3,(H,19,20). The molecule has 0 aliphatic rings. The molecule has 0 saturated heterocycles. The molecule has 0 radical (unpaired) electrons. The largest absolute Gasteiger partial charge is 0.470 e. The number of pyridine rings is 1. The molecule has 0 aliphatic carbocycles. The van der Waals surface area contributed by atoms with E-state index in [9.17, 15) is 0 Å². The first-order valence-corrected chi connectivity index (χ1v) is 8.01. The molecule has 6 heteroatoms. The van der Waals surface area contributed by atoms with Gasteiger partial charge in [-0.3, -0.25) is 0 Å². The number of halogens is 2. The van der Waals surface area contributed by atoms with Gasteiger partial charge in [-0.05, 0) is 67.0 Å². The lowest BCUT2D eigenvalue weighted by Crippen LogP contribution is -2.24. The number of nitrogens with zero attached hydrogens (tertiary/aromatic N) is 1. The molecular formula is C15H17Br2N3O. The first kappa shape index (κ1) is 16.1. The monoisotopic (exact) mass is 413 g/mol. The topological polar surface area (TPSA) is 60.2 Å². The number of hydrogen-bond acceptors (Lipinski definition) is 4. The van der Waals surface area contributed by atoms with Gasteiger partial charge in [0.15, 0.2) is 0 Å². The van der Waals surface area contributed by atoms with Crippen LogP contribution in [-0.4, -0.2) is 10.6 Å². The van der Waals surface area contributed by atoms with E-state index >= 15 is 0 Å². The third kappa shape index (κ3) is 4.61. The van der Waals surface area contributed by atoms with E-state index in [4.69, 9.17) is 10.5 Å². The van der Waals surface area contributed by atoms with Crippen LogP contribution in [0.15, 0.2) is 39.3 Å². The molecule has 0 bridgehead atoms. The Labute approximate surface area is 141 Å². The fourth-order valence-corrected chi connectivity index (χ4v) is 2.77. The molecule has 0 fully saturated rings. The number of ether oxygens (including phenoxy) is 1. The summed E-state index contributed by atoms with van der Waals surface area (Å²) in [6.07, 6.45) is 0. The molecule has 1 heterocycles. The number of benzene rings is 1. The second-order valence-corrected chi connectivity index (χ2v) is 7.32. The summed E-state index contributed by atoms with van der Waals surface area (Å²) in [5.41, 5.74) is 6.99. The Hall–Kier alpha value is -1.27. The fourth-order valence-electron chi connectivity index (χ4n) is 1.62. The predicted molar refractivity (Wildman–Crippen MR) is 94.2 cm³/mol. The lowest BCUT2D eigenvalue weighted by Gasteiger charge is -2.21. The van der Waals surface area contributed by atoms with Crippen LogP contribution < -0.4 is 15.8 Å². The highest BCUT2D eigenvalue weighted by molar-refractivity contribution is 9.11. The normalized spacial score (nSPS) is 11.3. The minimum absolute atomic E-state index is 0.349. The van der Waals surface area contributed by atoms with Crippen molar-refractivity contribution in [3.63, 3.8) is 0 Å². The van der Waals surface area contributed by atoms with Gasteiger partial charge >= 0.3 is 0 Å². The molecule has 21 heavy (non-hydrogen) atoms. The molecule has 0 aliphatic heterocycles. The van der Waals surface area contributed by atoms with E-state index < -0.39 is 0 Å². The van der Waals surface area contributed by atoms with E-state index in [1.54, 1.807) is 6.07 Å². The van der Waals surface area contributed by atoms with Crippen molar-refractivity contribution in [3.05, 3.63) is 39.3 Å². The first-order chi connectivity index (χ1) is 9.74. The quantitative estimate of drug-likeness (QED) is 0.732. The van der Waals surface area contributed by atoms with Gasteiger partial charge in [0, 0.05) is 8.95 Å². The van der Waals surface area contributed by atoms with Crippen LogP contribution in [0.25, 0.3) is 0 Å². The van der Waals surface area contributed by atoms with Gasteiger partial charge in [-0.1, -0.05) is 15.9 Å². The van der Waals surface area contributed by atoms with Crippen LogP contribution in [0.2, 0.25) is 0 Å². The summed E-state index contributed by atoms with van der Waals surface area (Å²) < 4.78 is 7.71. The van der Waals surface area contributed by atoms with E-state index in [0.29, 0.717) is 17.4 Å². The van der Waals surface area contributed by atoms with E-state index in [1.807, 2.05) is 45.0 Å². The molecule has 1 aromatic carbocycles. The van der Waals surface area contributed by atoms with Crippen molar-refractivity contribution in [1.29, 1.82) is 0 Å². The zero-order valence-corrected chi connectivity index (χ0v) is 15.2. The van der Waals surface area contributed by atoms with Gasteiger partial charge < -0.3 is 15.8 Å². The summed E-state index contributed by atoms with van der Waals surface area (Å²) in [5.74, 6) is 1.10. The van der Waals surface area contributed by atoms with Gasteiger partial charge in [0.05, 0.1) is 11.4 Å². The Bertz CT molecular complexity index is 654. The minimum atomic E-state index is -0.349. The number of hydrogen-bond donors (Lipinski definition) is 2. The highest BCUT2D eigenvalue weighted by atomic mass is 79.9. The zero-order valence-electron chi connectivity index (χ0n) is 12.1. The van der Waals surface area contributed by atoms with Gasteiger partial charge in [-0.2, -0.15) is 4.98 Å². The molecule has 2 aromatic rings. The Morgan fingerprint density at radius 1 is 1.14 bits per heavy atom. The number of anilines is 3. The van der Waals surface area contributed by atoms with Crippen molar-refractivity contribution in [2.75, 3.05) is 11.1 Å². The summed E-state index contributed by atoms with van der Waals surface area (Å²) in [6, 6.07) is 9.47. The van der Waals surface area contributed by atoms with Crippen LogP contribution in [0.3, 0.4) is 0 Å². The summed E-state index contributed by atoms with van der Waals surface area (Å²) in [4.78, 5) is 4.43. The molecule has 0 amide bonds. The lowest BCUT2D eigenvalue weighted by molar-refractivity contribution is 0.125. The molecule has 0 spiro atoms. The molecule has 3 N–H and O–H groups in total. The summed E-state index contributed by atoms with van der Waals surface area (Å²) in [6.45, 7) is 5.87. The minimum Gasteiger partial charge on any atom is -0.470 e. The second-order valence-electron chi connectivity index (χ2n) is 5.55. The highest BCUT2D eigenvalue weighted by Gasteiger charge is 2.15. The lowest BCUT2D eigenvalue weighted by atomic mass is 10.2. The Morgan fingerprint density at radius 2 is 1.86 bits per heavy atom. The van der Waals surface area contributed by atoms with Crippen LogP contribution >= 0.6 is 31.9 Å². The molecule has 112 valence electrons. The van der Waals surface area contributed by atoms with Gasteiger partial charge in [0.25, 0.3) is 0 Å². The number of rotatable bonds is 3.